The van der Waals surface area contributed by atoms with E-state index in [-0.39, 0.29) is 17.6 Å². The molecular formula is C15H19F3N4O3. The second-order valence-corrected chi connectivity index (χ2v) is 6.70. The van der Waals surface area contributed by atoms with E-state index >= 15 is 0 Å². The highest BCUT2D eigenvalue weighted by Crippen LogP contribution is 2.41. The summed E-state index contributed by atoms with van der Waals surface area (Å²) in [4.78, 5) is 23.9. The molecule has 3 rings (SSSR count). The maximum atomic E-state index is 12.4. The van der Waals surface area contributed by atoms with Crippen LogP contribution in [0.25, 0.3) is 0 Å². The lowest BCUT2D eigenvalue weighted by Gasteiger charge is -2.23. The van der Waals surface area contributed by atoms with Gasteiger partial charge in [-0.1, -0.05) is 0 Å². The quantitative estimate of drug-likeness (QED) is 0.595. The molecule has 0 unspecified atom stereocenters. The topological polar surface area (TPSA) is 81.3 Å². The van der Waals surface area contributed by atoms with E-state index < -0.39 is 23.3 Å². The van der Waals surface area contributed by atoms with Crippen LogP contribution in [0.15, 0.2) is 6.20 Å². The van der Waals surface area contributed by atoms with Crippen LogP contribution in [0.5, 0.6) is 0 Å². The largest absolute Gasteiger partial charge is 0.449 e. The Balaban J connectivity index is 1.72. The van der Waals surface area contributed by atoms with Gasteiger partial charge in [0.2, 0.25) is 11.6 Å². The standard InChI is InChI=1S/C15H19F3N4O3/c16-15(17,18)13(23)8-10-2-1-6-20(7-5-10)14-12(22(24)25)9-19-21(14)11-3-4-11/h9-11H,1-8H2/t10-/m1/s1. The summed E-state index contributed by atoms with van der Waals surface area (Å²) < 4.78 is 39.0. The molecular weight excluding hydrogens is 341 g/mol. The van der Waals surface area contributed by atoms with Crippen molar-refractivity contribution in [2.45, 2.75) is 50.7 Å². The van der Waals surface area contributed by atoms with Gasteiger partial charge in [0, 0.05) is 19.5 Å². The number of rotatable bonds is 5. The average Bonchev–Trinajstić information content (AvgIpc) is 3.31. The van der Waals surface area contributed by atoms with Gasteiger partial charge in [-0.15, -0.1) is 0 Å². The summed E-state index contributed by atoms with van der Waals surface area (Å²) in [5.41, 5.74) is -0.0725. The van der Waals surface area contributed by atoms with Crippen molar-refractivity contribution < 1.29 is 22.9 Å². The molecule has 1 aliphatic heterocycles. The number of halogens is 3. The number of ketones is 1. The lowest BCUT2D eigenvalue weighted by Crippen LogP contribution is -2.28. The monoisotopic (exact) mass is 360 g/mol. The highest BCUT2D eigenvalue weighted by Gasteiger charge is 2.40. The second kappa shape index (κ2) is 6.64. The summed E-state index contributed by atoms with van der Waals surface area (Å²) in [6, 6.07) is 0.162. The molecule has 0 aromatic carbocycles. The molecule has 138 valence electrons. The Labute approximate surface area is 141 Å². The molecule has 10 heteroatoms. The zero-order chi connectivity index (χ0) is 18.2. The zero-order valence-electron chi connectivity index (χ0n) is 13.5. The van der Waals surface area contributed by atoms with Gasteiger partial charge in [-0.05, 0) is 38.0 Å². The molecule has 1 saturated heterocycles. The van der Waals surface area contributed by atoms with Crippen LogP contribution in [0.4, 0.5) is 24.7 Å². The first-order chi connectivity index (χ1) is 11.8. The molecule has 2 heterocycles. The number of nitro groups is 1. The Morgan fingerprint density at radius 1 is 1.28 bits per heavy atom. The first-order valence-corrected chi connectivity index (χ1v) is 8.34. The average molecular weight is 360 g/mol. The molecule has 2 aliphatic rings. The third-order valence-electron chi connectivity index (χ3n) is 4.78. The van der Waals surface area contributed by atoms with Crippen LogP contribution in [0, 0.1) is 16.0 Å². The highest BCUT2D eigenvalue weighted by molar-refractivity contribution is 5.84. The maximum absolute atomic E-state index is 12.4. The molecule has 7 nitrogen and oxygen atoms in total. The summed E-state index contributed by atoms with van der Waals surface area (Å²) >= 11 is 0. The molecule has 0 N–H and O–H groups in total. The highest BCUT2D eigenvalue weighted by atomic mass is 19.4. The Bertz CT molecular complexity index is 669. The fraction of sp³-hybridized carbons (Fsp3) is 0.733. The molecule has 2 fully saturated rings. The van der Waals surface area contributed by atoms with Gasteiger partial charge in [0.15, 0.2) is 0 Å². The fourth-order valence-electron chi connectivity index (χ4n) is 3.33. The Morgan fingerprint density at radius 2 is 2.00 bits per heavy atom. The lowest BCUT2D eigenvalue weighted by atomic mass is 9.94. The third kappa shape index (κ3) is 3.93. The van der Waals surface area contributed by atoms with Gasteiger partial charge in [-0.25, -0.2) is 4.68 Å². The Hall–Kier alpha value is -2.13. The van der Waals surface area contributed by atoms with Crippen LogP contribution in [-0.4, -0.2) is 39.8 Å². The molecule has 0 spiro atoms. The van der Waals surface area contributed by atoms with E-state index in [4.69, 9.17) is 0 Å². The number of carbonyl (C=O) groups is 1. The van der Waals surface area contributed by atoms with E-state index in [1.807, 2.05) is 4.90 Å². The van der Waals surface area contributed by atoms with Crippen molar-refractivity contribution in [3.63, 3.8) is 0 Å². The van der Waals surface area contributed by atoms with E-state index in [9.17, 15) is 28.1 Å². The number of hydrogen-bond acceptors (Lipinski definition) is 5. The number of Topliss-reactive ketones (excluding diaryl/α,β-unsaturated/α-hetero) is 1. The first kappa shape index (κ1) is 17.7. The molecule has 0 bridgehead atoms. The molecule has 0 amide bonds. The number of aromatic nitrogens is 2. The normalized spacial score (nSPS) is 21.9. The first-order valence-electron chi connectivity index (χ1n) is 8.34. The molecule has 25 heavy (non-hydrogen) atoms. The van der Waals surface area contributed by atoms with Gasteiger partial charge < -0.3 is 4.90 Å². The van der Waals surface area contributed by atoms with E-state index in [0.29, 0.717) is 38.2 Å². The van der Waals surface area contributed by atoms with Crippen LogP contribution in [-0.2, 0) is 4.79 Å². The predicted molar refractivity (Wildman–Crippen MR) is 82.4 cm³/mol. The van der Waals surface area contributed by atoms with E-state index in [0.717, 1.165) is 12.8 Å². The van der Waals surface area contributed by atoms with Crippen molar-refractivity contribution in [3.8, 4) is 0 Å². The summed E-state index contributed by atoms with van der Waals surface area (Å²) in [6.45, 7) is 0.894. The smallest absolute Gasteiger partial charge is 0.351 e. The minimum Gasteiger partial charge on any atom is -0.351 e. The number of carbonyl (C=O) groups excluding carboxylic acids is 1. The summed E-state index contributed by atoms with van der Waals surface area (Å²) in [7, 11) is 0. The van der Waals surface area contributed by atoms with Crippen molar-refractivity contribution >= 4 is 17.3 Å². The van der Waals surface area contributed by atoms with Crippen molar-refractivity contribution in [3.05, 3.63) is 16.3 Å². The number of hydrogen-bond donors (Lipinski definition) is 0. The predicted octanol–water partition coefficient (Wildman–Crippen LogP) is 3.25. The molecule has 1 aromatic rings. The van der Waals surface area contributed by atoms with Gasteiger partial charge in [0.25, 0.3) is 0 Å². The van der Waals surface area contributed by atoms with Gasteiger partial charge in [-0.3, -0.25) is 14.9 Å². The number of anilines is 1. The van der Waals surface area contributed by atoms with Crippen LogP contribution in [0.2, 0.25) is 0 Å². The van der Waals surface area contributed by atoms with Crippen LogP contribution >= 0.6 is 0 Å². The Morgan fingerprint density at radius 3 is 2.60 bits per heavy atom. The molecule has 0 radical (unpaired) electrons. The van der Waals surface area contributed by atoms with Crippen molar-refractivity contribution in [2.75, 3.05) is 18.0 Å². The fourth-order valence-corrected chi connectivity index (χ4v) is 3.33. The van der Waals surface area contributed by atoms with Gasteiger partial charge >= 0.3 is 11.9 Å². The lowest BCUT2D eigenvalue weighted by molar-refractivity contribution is -0.384. The van der Waals surface area contributed by atoms with E-state index in [2.05, 4.69) is 5.10 Å². The molecule has 1 aromatic heterocycles. The number of nitrogens with zero attached hydrogens (tertiary/aromatic N) is 4. The van der Waals surface area contributed by atoms with Gasteiger partial charge in [0.1, 0.15) is 6.20 Å². The van der Waals surface area contributed by atoms with Crippen LogP contribution in [0.3, 0.4) is 0 Å². The van der Waals surface area contributed by atoms with Crippen molar-refractivity contribution in [1.29, 1.82) is 0 Å². The van der Waals surface area contributed by atoms with Gasteiger partial charge in [0.05, 0.1) is 11.0 Å². The van der Waals surface area contributed by atoms with Crippen molar-refractivity contribution in [2.24, 2.45) is 5.92 Å². The number of alkyl halides is 3. The maximum Gasteiger partial charge on any atom is 0.449 e. The molecule has 1 aliphatic carbocycles. The summed E-state index contributed by atoms with van der Waals surface area (Å²) in [5, 5.41) is 15.4. The third-order valence-corrected chi connectivity index (χ3v) is 4.78. The molecule has 1 atom stereocenters. The summed E-state index contributed by atoms with van der Waals surface area (Å²) in [6.07, 6.45) is -0.744. The van der Waals surface area contributed by atoms with Crippen molar-refractivity contribution in [1.82, 2.24) is 9.78 Å². The van der Waals surface area contributed by atoms with E-state index in [1.54, 1.807) is 4.68 Å². The van der Waals surface area contributed by atoms with Crippen LogP contribution in [0.1, 0.15) is 44.6 Å². The van der Waals surface area contributed by atoms with Gasteiger partial charge in [-0.2, -0.15) is 18.3 Å². The van der Waals surface area contributed by atoms with E-state index in [1.165, 1.54) is 6.20 Å². The zero-order valence-corrected chi connectivity index (χ0v) is 13.5. The minimum atomic E-state index is -4.80. The summed E-state index contributed by atoms with van der Waals surface area (Å²) in [5.74, 6) is -1.61. The SMILES string of the molecule is O=C(C[C@@H]1CCCN(c2c([N+](=O)[O-])cnn2C2CC2)CC1)C(F)(F)F. The second-order valence-electron chi connectivity index (χ2n) is 6.70. The van der Waals surface area contributed by atoms with Crippen LogP contribution < -0.4 is 4.90 Å². The molecule has 1 saturated carbocycles. The minimum absolute atomic E-state index is 0.0725. The Kier molecular flexibility index (Phi) is 4.70.